The number of methoxy groups -OCH3 is 2. The number of aromatic nitrogens is 2. The van der Waals surface area contributed by atoms with Gasteiger partial charge < -0.3 is 23.8 Å². The van der Waals surface area contributed by atoms with Gasteiger partial charge in [0.05, 0.1) is 14.2 Å². The van der Waals surface area contributed by atoms with Gasteiger partial charge in [-0.05, 0) is 49.6 Å². The minimum atomic E-state index is -0.183. The second kappa shape index (κ2) is 8.65. The van der Waals surface area contributed by atoms with Crippen molar-refractivity contribution in [1.82, 2.24) is 14.9 Å². The number of piperidine rings is 1. The maximum atomic E-state index is 13.3. The van der Waals surface area contributed by atoms with Crippen molar-refractivity contribution >= 4 is 16.8 Å². The summed E-state index contributed by atoms with van der Waals surface area (Å²) in [5.74, 6) is 0.916. The summed E-state index contributed by atoms with van der Waals surface area (Å²) >= 11 is 0. The minimum Gasteiger partial charge on any atom is -0.490 e. The van der Waals surface area contributed by atoms with Gasteiger partial charge >= 0.3 is 0 Å². The monoisotopic (exact) mass is 445 g/mol. The summed E-state index contributed by atoms with van der Waals surface area (Å²) < 4.78 is 16.2. The Morgan fingerprint density at radius 3 is 2.76 bits per heavy atom. The van der Waals surface area contributed by atoms with Crippen LogP contribution in [0.1, 0.15) is 40.6 Å². The van der Waals surface area contributed by atoms with Crippen LogP contribution in [0.2, 0.25) is 0 Å². The molecular weight excluding hydrogens is 418 g/mol. The van der Waals surface area contributed by atoms with Crippen molar-refractivity contribution in [3.8, 4) is 22.6 Å². The van der Waals surface area contributed by atoms with Gasteiger partial charge in [-0.15, -0.1) is 0 Å². The third-order valence-electron chi connectivity index (χ3n) is 6.40. The van der Waals surface area contributed by atoms with Crippen LogP contribution in [-0.2, 0) is 0 Å². The molecule has 1 aliphatic rings. The third kappa shape index (κ3) is 3.73. The zero-order valence-electron chi connectivity index (χ0n) is 19.1. The Kier molecular flexibility index (Phi) is 5.54. The van der Waals surface area contributed by atoms with Gasteiger partial charge in [0.1, 0.15) is 6.26 Å². The zero-order chi connectivity index (χ0) is 22.9. The number of furan rings is 1. The summed E-state index contributed by atoms with van der Waals surface area (Å²) in [6.07, 6.45) is 6.95. The molecule has 1 aliphatic heterocycles. The lowest BCUT2D eigenvalue weighted by atomic mass is 9.89. The highest BCUT2D eigenvalue weighted by molar-refractivity contribution is 5.98. The Morgan fingerprint density at radius 2 is 2.00 bits per heavy atom. The Balaban J connectivity index is 1.52. The number of benzene rings is 1. The van der Waals surface area contributed by atoms with E-state index in [2.05, 4.69) is 35.1 Å². The van der Waals surface area contributed by atoms with Crippen molar-refractivity contribution in [2.75, 3.05) is 27.3 Å². The van der Waals surface area contributed by atoms with Gasteiger partial charge in [0.15, 0.2) is 5.75 Å². The first-order valence-corrected chi connectivity index (χ1v) is 11.1. The van der Waals surface area contributed by atoms with Crippen molar-refractivity contribution in [1.29, 1.82) is 0 Å². The van der Waals surface area contributed by atoms with Gasteiger partial charge in [0.2, 0.25) is 11.5 Å². The van der Waals surface area contributed by atoms with Crippen LogP contribution in [0.15, 0.2) is 53.4 Å². The first kappa shape index (κ1) is 21.1. The molecule has 170 valence electrons. The summed E-state index contributed by atoms with van der Waals surface area (Å²) in [5, 5.41) is 1.19. The standard InChI is InChI=1S/C26H27N3O4/c1-16-6-7-20-19(13-16)22(17-8-10-27-11-9-17)23(28-20)18-5-4-12-29(14-18)26(30)25-24(32-3)21(31-2)15-33-25/h6-11,13,15,18,28H,4-5,12,14H2,1-3H3. The second-order valence-electron chi connectivity index (χ2n) is 8.46. The molecule has 1 N–H and O–H groups in total. The molecule has 0 aliphatic carbocycles. The molecular formula is C26H27N3O4. The molecule has 7 nitrogen and oxygen atoms in total. The number of amides is 1. The number of ether oxygens (including phenoxy) is 2. The molecule has 1 fully saturated rings. The summed E-state index contributed by atoms with van der Waals surface area (Å²) in [6.45, 7) is 3.37. The number of likely N-dealkylation sites (tertiary alicyclic amines) is 1. The zero-order valence-corrected chi connectivity index (χ0v) is 19.1. The van der Waals surface area contributed by atoms with E-state index in [9.17, 15) is 4.79 Å². The van der Waals surface area contributed by atoms with Crippen LogP contribution in [0.25, 0.3) is 22.0 Å². The quantitative estimate of drug-likeness (QED) is 0.458. The number of hydrogen-bond acceptors (Lipinski definition) is 5. The van der Waals surface area contributed by atoms with E-state index in [1.54, 1.807) is 0 Å². The van der Waals surface area contributed by atoms with Crippen LogP contribution in [0.4, 0.5) is 0 Å². The Hall–Kier alpha value is -3.74. The summed E-state index contributed by atoms with van der Waals surface area (Å²) in [5.41, 5.74) is 5.78. The van der Waals surface area contributed by atoms with E-state index in [-0.39, 0.29) is 17.6 Å². The average molecular weight is 446 g/mol. The molecule has 0 bridgehead atoms. The molecule has 4 aromatic rings. The predicted octanol–water partition coefficient (Wildman–Crippen LogP) is 5.17. The number of fused-ring (bicyclic) bond motifs is 1. The fourth-order valence-electron chi connectivity index (χ4n) is 4.82. The lowest BCUT2D eigenvalue weighted by Crippen LogP contribution is -2.39. The van der Waals surface area contributed by atoms with E-state index in [0.29, 0.717) is 24.6 Å². The Labute approximate surface area is 192 Å². The topological polar surface area (TPSA) is 80.6 Å². The van der Waals surface area contributed by atoms with E-state index >= 15 is 0 Å². The number of rotatable bonds is 5. The molecule has 1 amide bonds. The van der Waals surface area contributed by atoms with Crippen molar-refractivity contribution < 1.29 is 18.7 Å². The maximum absolute atomic E-state index is 13.3. The van der Waals surface area contributed by atoms with Crippen molar-refractivity contribution in [3.05, 3.63) is 66.0 Å². The molecule has 0 radical (unpaired) electrons. The van der Waals surface area contributed by atoms with E-state index in [1.807, 2.05) is 29.4 Å². The summed E-state index contributed by atoms with van der Waals surface area (Å²) in [4.78, 5) is 23.0. The van der Waals surface area contributed by atoms with E-state index < -0.39 is 0 Å². The number of nitrogens with zero attached hydrogens (tertiary/aromatic N) is 2. The first-order valence-electron chi connectivity index (χ1n) is 11.1. The van der Waals surface area contributed by atoms with E-state index in [1.165, 1.54) is 37.0 Å². The molecule has 4 heterocycles. The molecule has 1 atom stereocenters. The highest BCUT2D eigenvalue weighted by atomic mass is 16.5. The van der Waals surface area contributed by atoms with E-state index in [0.717, 1.165) is 29.6 Å². The third-order valence-corrected chi connectivity index (χ3v) is 6.40. The lowest BCUT2D eigenvalue weighted by molar-refractivity contribution is 0.0669. The molecule has 3 aromatic heterocycles. The van der Waals surface area contributed by atoms with Crippen LogP contribution in [0, 0.1) is 6.92 Å². The molecule has 1 aromatic carbocycles. The number of aromatic amines is 1. The fourth-order valence-corrected chi connectivity index (χ4v) is 4.82. The molecule has 7 heteroatoms. The highest BCUT2D eigenvalue weighted by Gasteiger charge is 2.32. The van der Waals surface area contributed by atoms with Crippen LogP contribution in [0.5, 0.6) is 11.5 Å². The summed E-state index contributed by atoms with van der Waals surface area (Å²) in [7, 11) is 3.04. The predicted molar refractivity (Wildman–Crippen MR) is 126 cm³/mol. The summed E-state index contributed by atoms with van der Waals surface area (Å²) in [6, 6.07) is 10.5. The number of nitrogens with one attached hydrogen (secondary N) is 1. The van der Waals surface area contributed by atoms with Gasteiger partial charge in [0.25, 0.3) is 5.91 Å². The maximum Gasteiger partial charge on any atom is 0.293 e. The number of carbonyl (C=O) groups excluding carboxylic acids is 1. The van der Waals surface area contributed by atoms with Crippen LogP contribution in [-0.4, -0.2) is 48.1 Å². The largest absolute Gasteiger partial charge is 0.490 e. The van der Waals surface area contributed by atoms with Gasteiger partial charge in [-0.3, -0.25) is 9.78 Å². The first-order chi connectivity index (χ1) is 16.1. The highest BCUT2D eigenvalue weighted by Crippen LogP contribution is 2.40. The molecule has 5 rings (SSSR count). The molecule has 1 saturated heterocycles. The minimum absolute atomic E-state index is 0.168. The molecule has 33 heavy (non-hydrogen) atoms. The van der Waals surface area contributed by atoms with Gasteiger partial charge in [-0.1, -0.05) is 11.6 Å². The van der Waals surface area contributed by atoms with Crippen molar-refractivity contribution in [2.24, 2.45) is 0 Å². The molecule has 0 saturated carbocycles. The SMILES string of the molecule is COc1coc(C(=O)N2CCCC(c3[nH]c4ccc(C)cc4c3-c3ccncc3)C2)c1OC. The number of carbonyl (C=O) groups is 1. The average Bonchev–Trinajstić information content (AvgIpc) is 3.45. The van der Waals surface area contributed by atoms with Gasteiger partial charge in [-0.25, -0.2) is 0 Å². The molecule has 0 spiro atoms. The van der Waals surface area contributed by atoms with Crippen LogP contribution >= 0.6 is 0 Å². The molecule has 1 unspecified atom stereocenters. The van der Waals surface area contributed by atoms with Crippen LogP contribution in [0.3, 0.4) is 0 Å². The lowest BCUT2D eigenvalue weighted by Gasteiger charge is -2.32. The fraction of sp³-hybridized carbons (Fsp3) is 0.308. The smallest absolute Gasteiger partial charge is 0.293 e. The Bertz CT molecular complexity index is 1290. The Morgan fingerprint density at radius 1 is 1.18 bits per heavy atom. The number of pyridine rings is 1. The number of H-pyrrole nitrogens is 1. The van der Waals surface area contributed by atoms with E-state index in [4.69, 9.17) is 13.9 Å². The van der Waals surface area contributed by atoms with Gasteiger partial charge in [-0.2, -0.15) is 0 Å². The van der Waals surface area contributed by atoms with Crippen molar-refractivity contribution in [3.63, 3.8) is 0 Å². The second-order valence-corrected chi connectivity index (χ2v) is 8.46. The van der Waals surface area contributed by atoms with Gasteiger partial charge in [0, 0.05) is 53.6 Å². The number of hydrogen-bond donors (Lipinski definition) is 1. The number of aryl methyl sites for hydroxylation is 1. The normalized spacial score (nSPS) is 16.2. The van der Waals surface area contributed by atoms with Crippen LogP contribution < -0.4 is 9.47 Å². The van der Waals surface area contributed by atoms with Crippen molar-refractivity contribution in [2.45, 2.75) is 25.7 Å².